The van der Waals surface area contributed by atoms with Gasteiger partial charge in [0, 0.05) is 31.5 Å². The molecule has 1 atom stereocenters. The second-order valence-corrected chi connectivity index (χ2v) is 5.04. The third-order valence-electron chi connectivity index (χ3n) is 3.41. The summed E-state index contributed by atoms with van der Waals surface area (Å²) in [5.41, 5.74) is 0.724. The molecule has 0 amide bonds. The molecule has 4 heteroatoms. The van der Waals surface area contributed by atoms with Crippen molar-refractivity contribution < 1.29 is 9.53 Å². The molecule has 0 spiro atoms. The topological polar surface area (TPSA) is 42.4 Å². The molecule has 1 aromatic heterocycles. The van der Waals surface area contributed by atoms with Crippen molar-refractivity contribution in [3.63, 3.8) is 0 Å². The Labute approximate surface area is 114 Å². The third kappa shape index (κ3) is 3.77. The average Bonchev–Trinajstić information content (AvgIpc) is 2.45. The highest BCUT2D eigenvalue weighted by Crippen LogP contribution is 2.20. The van der Waals surface area contributed by atoms with Gasteiger partial charge in [0.25, 0.3) is 0 Å². The molecule has 0 saturated carbocycles. The van der Waals surface area contributed by atoms with Crippen molar-refractivity contribution in [3.05, 3.63) is 23.9 Å². The van der Waals surface area contributed by atoms with Crippen molar-refractivity contribution in [1.29, 1.82) is 0 Å². The highest BCUT2D eigenvalue weighted by atomic mass is 16.5. The first-order valence-electron chi connectivity index (χ1n) is 7.04. The lowest BCUT2D eigenvalue weighted by atomic mass is 10.1. The van der Waals surface area contributed by atoms with E-state index in [0.717, 1.165) is 50.3 Å². The van der Waals surface area contributed by atoms with Gasteiger partial charge in [-0.05, 0) is 38.3 Å². The summed E-state index contributed by atoms with van der Waals surface area (Å²) in [5, 5.41) is 0. The van der Waals surface area contributed by atoms with Gasteiger partial charge in [-0.1, -0.05) is 6.92 Å². The number of carbonyl (C=O) groups excluding carboxylic acids is 1. The van der Waals surface area contributed by atoms with Gasteiger partial charge >= 0.3 is 0 Å². The van der Waals surface area contributed by atoms with E-state index in [2.05, 4.69) is 16.8 Å². The van der Waals surface area contributed by atoms with Crippen molar-refractivity contribution in [2.45, 2.75) is 39.2 Å². The Bertz CT molecular complexity index is 434. The Morgan fingerprint density at radius 2 is 2.42 bits per heavy atom. The van der Waals surface area contributed by atoms with Crippen LogP contribution in [0.1, 0.15) is 43.5 Å². The van der Waals surface area contributed by atoms with E-state index in [0.29, 0.717) is 0 Å². The van der Waals surface area contributed by atoms with Crippen LogP contribution in [0.5, 0.6) is 0 Å². The maximum absolute atomic E-state index is 11.4. The van der Waals surface area contributed by atoms with Gasteiger partial charge in [0.2, 0.25) is 0 Å². The van der Waals surface area contributed by atoms with Crippen molar-refractivity contribution in [2.75, 3.05) is 24.6 Å². The number of hydrogen-bond donors (Lipinski definition) is 0. The van der Waals surface area contributed by atoms with Gasteiger partial charge in [0.05, 0.1) is 6.10 Å². The largest absolute Gasteiger partial charge is 0.376 e. The molecule has 1 aliphatic heterocycles. The van der Waals surface area contributed by atoms with E-state index in [1.54, 1.807) is 19.2 Å². The minimum atomic E-state index is 0.0828. The smallest absolute Gasteiger partial charge is 0.159 e. The number of ketones is 1. The molecule has 104 valence electrons. The predicted molar refractivity (Wildman–Crippen MR) is 75.7 cm³/mol. The Morgan fingerprint density at radius 3 is 3.16 bits per heavy atom. The fourth-order valence-electron chi connectivity index (χ4n) is 2.38. The minimum Gasteiger partial charge on any atom is -0.376 e. The van der Waals surface area contributed by atoms with Crippen LogP contribution in [0.25, 0.3) is 0 Å². The molecule has 1 fully saturated rings. The summed E-state index contributed by atoms with van der Waals surface area (Å²) < 4.78 is 5.83. The molecule has 1 aromatic rings. The van der Waals surface area contributed by atoms with Gasteiger partial charge < -0.3 is 9.64 Å². The number of carbonyl (C=O) groups is 1. The van der Waals surface area contributed by atoms with Gasteiger partial charge in [-0.15, -0.1) is 0 Å². The Balaban J connectivity index is 2.04. The highest BCUT2D eigenvalue weighted by molar-refractivity contribution is 5.94. The van der Waals surface area contributed by atoms with Crippen LogP contribution < -0.4 is 4.90 Å². The molecular formula is C15H22N2O2. The maximum atomic E-state index is 11.4. The normalized spacial score (nSPS) is 19.5. The number of aromatic nitrogens is 1. The number of piperidine rings is 1. The zero-order chi connectivity index (χ0) is 13.7. The van der Waals surface area contributed by atoms with Crippen LogP contribution in [0.3, 0.4) is 0 Å². The van der Waals surface area contributed by atoms with Crippen LogP contribution in [0.15, 0.2) is 18.3 Å². The van der Waals surface area contributed by atoms with Gasteiger partial charge in [-0.3, -0.25) is 4.79 Å². The molecule has 0 aliphatic carbocycles. The molecule has 0 N–H and O–H groups in total. The van der Waals surface area contributed by atoms with Crippen LogP contribution in [-0.4, -0.2) is 36.6 Å². The molecule has 0 bridgehead atoms. The molecule has 0 radical (unpaired) electrons. The van der Waals surface area contributed by atoms with Gasteiger partial charge in [0.15, 0.2) is 5.78 Å². The average molecular weight is 262 g/mol. The van der Waals surface area contributed by atoms with Crippen LogP contribution in [-0.2, 0) is 4.74 Å². The zero-order valence-corrected chi connectivity index (χ0v) is 11.8. The Morgan fingerprint density at radius 1 is 1.58 bits per heavy atom. The minimum absolute atomic E-state index is 0.0828. The summed E-state index contributed by atoms with van der Waals surface area (Å²) >= 11 is 0. The molecule has 1 saturated heterocycles. The molecule has 1 unspecified atom stereocenters. The summed E-state index contributed by atoms with van der Waals surface area (Å²) in [5.74, 6) is 0.969. The van der Waals surface area contributed by atoms with Gasteiger partial charge in [0.1, 0.15) is 5.82 Å². The molecule has 2 heterocycles. The van der Waals surface area contributed by atoms with E-state index in [1.807, 2.05) is 6.07 Å². The number of ether oxygens (including phenoxy) is 1. The number of nitrogens with zero attached hydrogens (tertiary/aromatic N) is 2. The fourth-order valence-corrected chi connectivity index (χ4v) is 2.38. The predicted octanol–water partition coefficient (Wildman–Crippen LogP) is 2.68. The second-order valence-electron chi connectivity index (χ2n) is 5.04. The van der Waals surface area contributed by atoms with Gasteiger partial charge in [-0.2, -0.15) is 0 Å². The number of Topliss-reactive ketones (excluding diaryl/α,β-unsaturated/α-hetero) is 1. The molecule has 1 aliphatic rings. The van der Waals surface area contributed by atoms with E-state index in [4.69, 9.17) is 4.74 Å². The van der Waals surface area contributed by atoms with Crippen molar-refractivity contribution >= 4 is 11.6 Å². The van der Waals surface area contributed by atoms with Crippen LogP contribution in [0.2, 0.25) is 0 Å². The van der Waals surface area contributed by atoms with Crippen LogP contribution in [0, 0.1) is 0 Å². The summed E-state index contributed by atoms with van der Waals surface area (Å²) in [6, 6.07) is 3.64. The monoisotopic (exact) mass is 262 g/mol. The van der Waals surface area contributed by atoms with Crippen molar-refractivity contribution in [3.8, 4) is 0 Å². The summed E-state index contributed by atoms with van der Waals surface area (Å²) in [6.45, 7) is 6.38. The first-order valence-corrected chi connectivity index (χ1v) is 7.04. The molecule has 19 heavy (non-hydrogen) atoms. The number of anilines is 1. The van der Waals surface area contributed by atoms with Gasteiger partial charge in [-0.25, -0.2) is 4.98 Å². The molecular weight excluding hydrogens is 240 g/mol. The SMILES string of the molecule is CCCOC1CCCN(c2cc(C(C)=O)ccn2)C1. The lowest BCUT2D eigenvalue weighted by Crippen LogP contribution is -2.40. The molecule has 4 nitrogen and oxygen atoms in total. The second kappa shape index (κ2) is 6.66. The Kier molecular flexibility index (Phi) is 4.91. The number of pyridine rings is 1. The zero-order valence-electron chi connectivity index (χ0n) is 11.8. The van der Waals surface area contributed by atoms with Crippen LogP contribution in [0.4, 0.5) is 5.82 Å². The lowest BCUT2D eigenvalue weighted by molar-refractivity contribution is 0.0439. The van der Waals surface area contributed by atoms with E-state index in [9.17, 15) is 4.79 Å². The molecule has 2 rings (SSSR count). The summed E-state index contributed by atoms with van der Waals surface area (Å²) in [4.78, 5) is 18.0. The fraction of sp³-hybridized carbons (Fsp3) is 0.600. The standard InChI is InChI=1S/C15H22N2O2/c1-3-9-19-14-5-4-8-17(11-14)15-10-13(12(2)18)6-7-16-15/h6-7,10,14H,3-5,8-9,11H2,1-2H3. The summed E-state index contributed by atoms with van der Waals surface area (Å²) in [7, 11) is 0. The van der Waals surface area contributed by atoms with Crippen molar-refractivity contribution in [1.82, 2.24) is 4.98 Å². The maximum Gasteiger partial charge on any atom is 0.159 e. The number of hydrogen-bond acceptors (Lipinski definition) is 4. The first-order chi connectivity index (χ1) is 9.20. The summed E-state index contributed by atoms with van der Waals surface area (Å²) in [6.07, 6.45) is 5.27. The number of rotatable bonds is 5. The van der Waals surface area contributed by atoms with E-state index >= 15 is 0 Å². The van der Waals surface area contributed by atoms with E-state index in [-0.39, 0.29) is 11.9 Å². The Hall–Kier alpha value is -1.42. The first kappa shape index (κ1) is 14.0. The third-order valence-corrected chi connectivity index (χ3v) is 3.41. The molecule has 0 aromatic carbocycles. The quantitative estimate of drug-likeness (QED) is 0.765. The highest BCUT2D eigenvalue weighted by Gasteiger charge is 2.21. The van der Waals surface area contributed by atoms with Crippen LogP contribution >= 0.6 is 0 Å². The van der Waals surface area contributed by atoms with Crippen molar-refractivity contribution in [2.24, 2.45) is 0 Å². The van der Waals surface area contributed by atoms with E-state index < -0.39 is 0 Å². The lowest BCUT2D eigenvalue weighted by Gasteiger charge is -2.33. The van der Waals surface area contributed by atoms with E-state index in [1.165, 1.54) is 0 Å².